The van der Waals surface area contributed by atoms with Crippen LogP contribution in [0.25, 0.3) is 0 Å². The average molecular weight is 498 g/mol. The lowest BCUT2D eigenvalue weighted by Gasteiger charge is -2.21. The predicted molar refractivity (Wildman–Crippen MR) is 126 cm³/mol. The molecule has 3 rings (SSSR count). The lowest BCUT2D eigenvalue weighted by Crippen LogP contribution is -2.40. The first-order valence-corrected chi connectivity index (χ1v) is 10.6. The van der Waals surface area contributed by atoms with Crippen LogP contribution in [0.3, 0.4) is 0 Å². The van der Waals surface area contributed by atoms with E-state index in [2.05, 4.69) is 64.8 Å². The van der Waals surface area contributed by atoms with E-state index in [9.17, 15) is 0 Å². The molecule has 0 aliphatic carbocycles. The number of nitrogens with zero attached hydrogens (tertiary/aromatic N) is 3. The van der Waals surface area contributed by atoms with Crippen LogP contribution >= 0.6 is 35.3 Å². The van der Waals surface area contributed by atoms with Crippen molar-refractivity contribution in [2.45, 2.75) is 39.5 Å². The number of aryl methyl sites for hydroxylation is 2. The summed E-state index contributed by atoms with van der Waals surface area (Å²) in [5.41, 5.74) is 2.57. The van der Waals surface area contributed by atoms with Gasteiger partial charge in [-0.25, -0.2) is 4.98 Å². The molecule has 27 heavy (non-hydrogen) atoms. The number of benzene rings is 1. The van der Waals surface area contributed by atoms with Crippen molar-refractivity contribution in [1.29, 1.82) is 0 Å². The number of nitrogens with one attached hydrogen (secondary N) is 1. The summed E-state index contributed by atoms with van der Waals surface area (Å²) in [6.07, 6.45) is 4.50. The molecule has 1 aliphatic rings. The Kier molecular flexibility index (Phi) is 9.54. The second-order valence-electron chi connectivity index (χ2n) is 7.01. The Balaban J connectivity index is 0.00000261. The summed E-state index contributed by atoms with van der Waals surface area (Å²) < 4.78 is 0. The highest BCUT2D eigenvalue weighted by Crippen LogP contribution is 2.21. The summed E-state index contributed by atoms with van der Waals surface area (Å²) in [5.74, 6) is 1.80. The van der Waals surface area contributed by atoms with E-state index in [1.165, 1.54) is 23.4 Å². The van der Waals surface area contributed by atoms with Crippen LogP contribution in [0, 0.1) is 12.8 Å². The van der Waals surface area contributed by atoms with Gasteiger partial charge in [0.05, 0.1) is 5.01 Å². The van der Waals surface area contributed by atoms with Gasteiger partial charge < -0.3 is 10.2 Å². The van der Waals surface area contributed by atoms with Gasteiger partial charge >= 0.3 is 0 Å². The molecular weight excluding hydrogens is 467 g/mol. The van der Waals surface area contributed by atoms with E-state index < -0.39 is 0 Å². The molecule has 1 unspecified atom stereocenters. The van der Waals surface area contributed by atoms with Gasteiger partial charge in [0.2, 0.25) is 0 Å². The highest BCUT2D eigenvalue weighted by molar-refractivity contribution is 14.0. The Morgan fingerprint density at radius 2 is 2.15 bits per heavy atom. The highest BCUT2D eigenvalue weighted by Gasteiger charge is 2.24. The van der Waals surface area contributed by atoms with Crippen molar-refractivity contribution in [2.75, 3.05) is 26.2 Å². The molecule has 6 heteroatoms. The Hall–Kier alpha value is -1.15. The van der Waals surface area contributed by atoms with Crippen LogP contribution in [0.4, 0.5) is 0 Å². The van der Waals surface area contributed by atoms with Gasteiger partial charge in [-0.1, -0.05) is 30.3 Å². The standard InChI is InChI=1S/C21H30N4S.HI/c1-3-22-21(23-12-7-10-20-24-17(2)16-26-20)25-13-11-19(15-25)14-18-8-5-4-6-9-18;/h4-6,8-9,16,19H,3,7,10-15H2,1-2H3,(H,22,23);1H. The number of guanidine groups is 1. The van der Waals surface area contributed by atoms with Crippen LogP contribution in [-0.2, 0) is 12.8 Å². The molecule has 1 aromatic heterocycles. The van der Waals surface area contributed by atoms with Crippen LogP contribution in [-0.4, -0.2) is 42.0 Å². The molecule has 0 bridgehead atoms. The van der Waals surface area contributed by atoms with E-state index in [0.717, 1.165) is 56.6 Å². The lowest BCUT2D eigenvalue weighted by molar-refractivity contribution is 0.459. The van der Waals surface area contributed by atoms with E-state index in [1.54, 1.807) is 11.3 Å². The minimum atomic E-state index is 0. The Bertz CT molecular complexity index is 701. The number of likely N-dealkylation sites (tertiary alicyclic amines) is 1. The van der Waals surface area contributed by atoms with E-state index in [1.807, 2.05) is 0 Å². The third-order valence-electron chi connectivity index (χ3n) is 4.76. The number of halogens is 1. The molecule has 148 valence electrons. The second kappa shape index (κ2) is 11.6. The predicted octanol–water partition coefficient (Wildman–Crippen LogP) is 4.53. The van der Waals surface area contributed by atoms with Crippen LogP contribution < -0.4 is 5.32 Å². The molecule has 1 fully saturated rings. The number of aromatic nitrogens is 1. The van der Waals surface area contributed by atoms with Crippen molar-refractivity contribution in [3.05, 3.63) is 52.0 Å². The fourth-order valence-electron chi connectivity index (χ4n) is 3.50. The van der Waals surface area contributed by atoms with Gasteiger partial charge in [0.25, 0.3) is 0 Å². The smallest absolute Gasteiger partial charge is 0.193 e. The SMILES string of the molecule is CCNC(=NCCCc1nc(C)cs1)N1CCC(Cc2ccccc2)C1.I. The third kappa shape index (κ3) is 7.07. The molecule has 0 radical (unpaired) electrons. The topological polar surface area (TPSA) is 40.5 Å². The number of rotatable bonds is 7. The summed E-state index contributed by atoms with van der Waals surface area (Å²) >= 11 is 1.76. The maximum atomic E-state index is 4.87. The first-order valence-electron chi connectivity index (χ1n) is 9.72. The number of aliphatic imine (C=N–C) groups is 1. The monoisotopic (exact) mass is 498 g/mol. The lowest BCUT2D eigenvalue weighted by atomic mass is 9.99. The zero-order chi connectivity index (χ0) is 18.2. The molecule has 1 atom stereocenters. The quantitative estimate of drug-likeness (QED) is 0.264. The van der Waals surface area contributed by atoms with E-state index in [0.29, 0.717) is 0 Å². The Morgan fingerprint density at radius 1 is 1.33 bits per heavy atom. The molecule has 1 N–H and O–H groups in total. The molecule has 2 heterocycles. The molecular formula is C21H31IN4S. The first-order chi connectivity index (χ1) is 12.7. The van der Waals surface area contributed by atoms with Gasteiger partial charge in [0, 0.05) is 43.7 Å². The molecule has 1 aliphatic heterocycles. The van der Waals surface area contributed by atoms with Crippen molar-refractivity contribution < 1.29 is 0 Å². The number of hydrogen-bond donors (Lipinski definition) is 1. The molecule has 0 saturated carbocycles. The van der Waals surface area contributed by atoms with Crippen molar-refractivity contribution in [3.63, 3.8) is 0 Å². The third-order valence-corrected chi connectivity index (χ3v) is 5.79. The van der Waals surface area contributed by atoms with Gasteiger partial charge in [-0.15, -0.1) is 35.3 Å². The maximum absolute atomic E-state index is 4.87. The van der Waals surface area contributed by atoms with Gasteiger partial charge in [0.15, 0.2) is 5.96 Å². The van der Waals surface area contributed by atoms with Crippen molar-refractivity contribution in [1.82, 2.24) is 15.2 Å². The summed E-state index contributed by atoms with van der Waals surface area (Å²) in [5, 5.41) is 6.83. The maximum Gasteiger partial charge on any atom is 0.193 e. The minimum absolute atomic E-state index is 0. The Morgan fingerprint density at radius 3 is 2.85 bits per heavy atom. The van der Waals surface area contributed by atoms with E-state index in [4.69, 9.17) is 4.99 Å². The fourth-order valence-corrected chi connectivity index (χ4v) is 4.32. The van der Waals surface area contributed by atoms with E-state index in [-0.39, 0.29) is 24.0 Å². The van der Waals surface area contributed by atoms with E-state index >= 15 is 0 Å². The van der Waals surface area contributed by atoms with Crippen LogP contribution in [0.5, 0.6) is 0 Å². The fraction of sp³-hybridized carbons (Fsp3) is 0.524. The zero-order valence-electron chi connectivity index (χ0n) is 16.4. The molecule has 0 amide bonds. The average Bonchev–Trinajstić information content (AvgIpc) is 3.28. The molecule has 0 spiro atoms. The summed E-state index contributed by atoms with van der Waals surface area (Å²) in [4.78, 5) is 11.8. The summed E-state index contributed by atoms with van der Waals surface area (Å²) in [7, 11) is 0. The van der Waals surface area contributed by atoms with Crippen LogP contribution in [0.15, 0.2) is 40.7 Å². The molecule has 2 aromatic rings. The minimum Gasteiger partial charge on any atom is -0.357 e. The second-order valence-corrected chi connectivity index (χ2v) is 7.95. The summed E-state index contributed by atoms with van der Waals surface area (Å²) in [6.45, 7) is 8.19. The first kappa shape index (κ1) is 22.1. The normalized spacial score (nSPS) is 17.0. The van der Waals surface area contributed by atoms with Gasteiger partial charge in [-0.3, -0.25) is 4.99 Å². The largest absolute Gasteiger partial charge is 0.357 e. The van der Waals surface area contributed by atoms with Gasteiger partial charge in [-0.05, 0) is 44.6 Å². The highest BCUT2D eigenvalue weighted by atomic mass is 127. The van der Waals surface area contributed by atoms with Gasteiger partial charge in [-0.2, -0.15) is 0 Å². The van der Waals surface area contributed by atoms with Crippen LogP contribution in [0.1, 0.15) is 36.0 Å². The van der Waals surface area contributed by atoms with Crippen molar-refractivity contribution >= 4 is 41.3 Å². The molecule has 1 aromatic carbocycles. The number of thiazole rings is 1. The molecule has 1 saturated heterocycles. The molecule has 4 nitrogen and oxygen atoms in total. The summed E-state index contributed by atoms with van der Waals surface area (Å²) in [6, 6.07) is 10.8. The van der Waals surface area contributed by atoms with Crippen LogP contribution in [0.2, 0.25) is 0 Å². The van der Waals surface area contributed by atoms with Crippen molar-refractivity contribution in [2.24, 2.45) is 10.9 Å². The van der Waals surface area contributed by atoms with Crippen molar-refractivity contribution in [3.8, 4) is 0 Å². The zero-order valence-corrected chi connectivity index (χ0v) is 19.5. The Labute approximate surface area is 184 Å². The van der Waals surface area contributed by atoms with Gasteiger partial charge in [0.1, 0.15) is 0 Å². The number of hydrogen-bond acceptors (Lipinski definition) is 3.